The van der Waals surface area contributed by atoms with E-state index >= 15 is 0 Å². The van der Waals surface area contributed by atoms with Crippen molar-refractivity contribution in [3.8, 4) is 11.5 Å². The van der Waals surface area contributed by atoms with E-state index in [1.165, 1.54) is 0 Å². The number of nitrogens with zero attached hydrogens (tertiary/aromatic N) is 3. The Kier molecular flexibility index (Phi) is 8.09. The van der Waals surface area contributed by atoms with Crippen molar-refractivity contribution in [1.29, 1.82) is 0 Å². The topological polar surface area (TPSA) is 121 Å². The number of carbonyl (C=O) groups excluding carboxylic acids is 2. The van der Waals surface area contributed by atoms with Crippen molar-refractivity contribution in [2.45, 2.75) is 70.4 Å². The summed E-state index contributed by atoms with van der Waals surface area (Å²) >= 11 is 0. The van der Waals surface area contributed by atoms with Gasteiger partial charge in [0.05, 0.1) is 25.9 Å². The van der Waals surface area contributed by atoms with Crippen LogP contribution < -0.4 is 14.8 Å². The number of rotatable bonds is 11. The first-order valence-electron chi connectivity index (χ1n) is 12.4. The van der Waals surface area contributed by atoms with E-state index in [2.05, 4.69) is 10.3 Å². The second kappa shape index (κ2) is 11.4. The molecular weight excluding hydrogens is 452 g/mol. The van der Waals surface area contributed by atoms with Crippen molar-refractivity contribution in [1.82, 2.24) is 15.1 Å². The second-order valence-corrected chi connectivity index (χ2v) is 9.33. The summed E-state index contributed by atoms with van der Waals surface area (Å²) in [4.78, 5) is 43.7. The van der Waals surface area contributed by atoms with E-state index in [0.29, 0.717) is 43.5 Å². The van der Waals surface area contributed by atoms with Crippen LogP contribution in [0.25, 0.3) is 0 Å². The number of aliphatic carboxylic acids is 1. The average Bonchev–Trinajstić information content (AvgIpc) is 3.21. The fourth-order valence-electron chi connectivity index (χ4n) is 5.00. The van der Waals surface area contributed by atoms with Crippen LogP contribution in [0, 0.1) is 0 Å². The molecule has 1 aromatic rings. The fraction of sp³-hybridized carbons (Fsp3) is 0.600. The van der Waals surface area contributed by atoms with Crippen LogP contribution >= 0.6 is 0 Å². The number of fused-ring (bicyclic) bond motifs is 2. The molecule has 1 aliphatic carbocycles. The number of nitrogens with one attached hydrogen (secondary N) is 1. The lowest BCUT2D eigenvalue weighted by Crippen LogP contribution is -2.44. The molecule has 10 heteroatoms. The number of unbranched alkanes of at least 4 members (excludes halogenated alkanes) is 2. The molecule has 1 aromatic carbocycles. The van der Waals surface area contributed by atoms with Gasteiger partial charge in [0.15, 0.2) is 0 Å². The van der Waals surface area contributed by atoms with Crippen molar-refractivity contribution in [2.24, 2.45) is 4.99 Å². The van der Waals surface area contributed by atoms with Crippen LogP contribution in [0.2, 0.25) is 0 Å². The molecule has 2 aliphatic heterocycles. The standard InChI is InChI=1S/C25H34N4O6/c1-34-21-13-18(12-20-19(21)14-28-15-22(30)27-25(28)26-20)35-11-7-3-6-10-23(31)29(16-24(32)33)17-8-4-2-5-9-17/h12-13,17H,2-11,14-16H2,1H3,(H,32,33)(H,26,27,30). The summed E-state index contributed by atoms with van der Waals surface area (Å²) in [5.41, 5.74) is 1.64. The van der Waals surface area contributed by atoms with E-state index in [1.54, 1.807) is 12.0 Å². The van der Waals surface area contributed by atoms with Gasteiger partial charge in [0.25, 0.3) is 0 Å². The quantitative estimate of drug-likeness (QED) is 0.462. The molecule has 190 valence electrons. The highest BCUT2D eigenvalue weighted by molar-refractivity contribution is 6.06. The number of methoxy groups -OCH3 is 1. The molecule has 1 saturated carbocycles. The minimum absolute atomic E-state index is 0.0582. The maximum absolute atomic E-state index is 12.7. The van der Waals surface area contributed by atoms with Gasteiger partial charge in [0.2, 0.25) is 17.8 Å². The molecule has 4 rings (SSSR count). The van der Waals surface area contributed by atoms with Crippen LogP contribution in [0.3, 0.4) is 0 Å². The molecule has 0 radical (unpaired) electrons. The number of ether oxygens (including phenoxy) is 2. The molecule has 10 nitrogen and oxygen atoms in total. The Balaban J connectivity index is 1.24. The van der Waals surface area contributed by atoms with Gasteiger partial charge >= 0.3 is 5.97 Å². The molecule has 0 spiro atoms. The van der Waals surface area contributed by atoms with Crippen LogP contribution in [0.15, 0.2) is 17.1 Å². The molecule has 2 amide bonds. The molecule has 0 unspecified atom stereocenters. The largest absolute Gasteiger partial charge is 0.496 e. The number of carboxylic acids is 1. The summed E-state index contributed by atoms with van der Waals surface area (Å²) in [6, 6.07) is 3.75. The minimum atomic E-state index is -0.953. The van der Waals surface area contributed by atoms with Crippen LogP contribution in [0.4, 0.5) is 5.69 Å². The van der Waals surface area contributed by atoms with Gasteiger partial charge in [-0.15, -0.1) is 0 Å². The van der Waals surface area contributed by atoms with E-state index < -0.39 is 5.97 Å². The van der Waals surface area contributed by atoms with E-state index in [9.17, 15) is 19.5 Å². The molecule has 1 saturated heterocycles. The number of carboxylic acid groups (broad SMARTS) is 1. The Morgan fingerprint density at radius 1 is 1.17 bits per heavy atom. The molecule has 0 atom stereocenters. The summed E-state index contributed by atoms with van der Waals surface area (Å²) in [7, 11) is 1.60. The maximum Gasteiger partial charge on any atom is 0.323 e. The fourth-order valence-corrected chi connectivity index (χ4v) is 5.00. The zero-order valence-electron chi connectivity index (χ0n) is 20.3. The molecule has 35 heavy (non-hydrogen) atoms. The van der Waals surface area contributed by atoms with Crippen molar-refractivity contribution >= 4 is 29.4 Å². The summed E-state index contributed by atoms with van der Waals surface area (Å²) in [6.45, 7) is 1.11. The third-order valence-corrected chi connectivity index (χ3v) is 6.78. The molecule has 2 fully saturated rings. The first-order valence-corrected chi connectivity index (χ1v) is 12.4. The zero-order valence-corrected chi connectivity index (χ0v) is 20.3. The maximum atomic E-state index is 12.7. The Labute approximate surface area is 205 Å². The minimum Gasteiger partial charge on any atom is -0.496 e. The van der Waals surface area contributed by atoms with Crippen LogP contribution in [-0.2, 0) is 20.9 Å². The summed E-state index contributed by atoms with van der Waals surface area (Å²) in [5, 5.41) is 12.0. The molecule has 2 N–H and O–H groups in total. The summed E-state index contributed by atoms with van der Waals surface area (Å²) in [5.74, 6) is 0.778. The number of aliphatic imine (C=N–C) groups is 1. The van der Waals surface area contributed by atoms with Gasteiger partial charge in [-0.1, -0.05) is 19.3 Å². The van der Waals surface area contributed by atoms with Gasteiger partial charge in [0, 0.05) is 30.2 Å². The van der Waals surface area contributed by atoms with Crippen molar-refractivity contribution in [3.63, 3.8) is 0 Å². The van der Waals surface area contributed by atoms with Gasteiger partial charge in [-0.25, -0.2) is 4.99 Å². The molecule has 0 aromatic heterocycles. The van der Waals surface area contributed by atoms with Gasteiger partial charge < -0.3 is 24.4 Å². The van der Waals surface area contributed by atoms with Crippen LogP contribution in [0.5, 0.6) is 11.5 Å². The summed E-state index contributed by atoms with van der Waals surface area (Å²) in [6.07, 6.45) is 7.69. The van der Waals surface area contributed by atoms with Gasteiger partial charge in [-0.05, 0) is 32.1 Å². The predicted molar refractivity (Wildman–Crippen MR) is 129 cm³/mol. The Morgan fingerprint density at radius 3 is 2.71 bits per heavy atom. The number of carbonyl (C=O) groups is 3. The Hall–Kier alpha value is -3.30. The molecular formula is C25H34N4O6. The van der Waals surface area contributed by atoms with Gasteiger partial charge in [-0.3, -0.25) is 19.7 Å². The Morgan fingerprint density at radius 2 is 1.97 bits per heavy atom. The van der Waals surface area contributed by atoms with E-state index in [0.717, 1.165) is 56.2 Å². The lowest BCUT2D eigenvalue weighted by atomic mass is 9.94. The molecule has 2 heterocycles. The highest BCUT2D eigenvalue weighted by Gasteiger charge is 2.31. The first-order chi connectivity index (χ1) is 16.9. The second-order valence-electron chi connectivity index (χ2n) is 9.33. The van der Waals surface area contributed by atoms with Crippen LogP contribution in [0.1, 0.15) is 63.4 Å². The van der Waals surface area contributed by atoms with Crippen molar-refractivity contribution < 1.29 is 29.0 Å². The highest BCUT2D eigenvalue weighted by atomic mass is 16.5. The van der Waals surface area contributed by atoms with E-state index in [4.69, 9.17) is 9.47 Å². The molecule has 0 bridgehead atoms. The highest BCUT2D eigenvalue weighted by Crippen LogP contribution is 2.38. The summed E-state index contributed by atoms with van der Waals surface area (Å²) < 4.78 is 11.5. The number of amides is 2. The normalized spacial score (nSPS) is 17.2. The monoisotopic (exact) mass is 486 g/mol. The van der Waals surface area contributed by atoms with Crippen molar-refractivity contribution in [3.05, 3.63) is 17.7 Å². The third kappa shape index (κ3) is 6.23. The number of guanidine groups is 1. The number of benzene rings is 1. The Bertz CT molecular complexity index is 988. The first kappa shape index (κ1) is 24.8. The van der Waals surface area contributed by atoms with Gasteiger partial charge in [0.1, 0.15) is 24.6 Å². The smallest absolute Gasteiger partial charge is 0.323 e. The number of hydrogen-bond acceptors (Lipinski definition) is 7. The average molecular weight is 487 g/mol. The predicted octanol–water partition coefficient (Wildman–Crippen LogP) is 2.81. The SMILES string of the molecule is COc1cc(OCCCCCC(=O)N(CC(=O)O)C2CCCCC2)cc2c1CN1CC(=O)NC1=N2. The van der Waals surface area contributed by atoms with Crippen LogP contribution in [-0.4, -0.2) is 71.5 Å². The zero-order chi connectivity index (χ0) is 24.8. The van der Waals surface area contributed by atoms with E-state index in [1.807, 2.05) is 17.0 Å². The van der Waals surface area contributed by atoms with E-state index in [-0.39, 0.29) is 30.9 Å². The van der Waals surface area contributed by atoms with Crippen molar-refractivity contribution in [2.75, 3.05) is 26.8 Å². The third-order valence-electron chi connectivity index (χ3n) is 6.78. The lowest BCUT2D eigenvalue weighted by molar-refractivity contribution is -0.146. The molecule has 3 aliphatic rings. The number of hydrogen-bond donors (Lipinski definition) is 2. The lowest BCUT2D eigenvalue weighted by Gasteiger charge is -2.33. The van der Waals surface area contributed by atoms with Gasteiger partial charge in [-0.2, -0.15) is 0 Å².